The van der Waals surface area contributed by atoms with Crippen LogP contribution >= 0.6 is 0 Å². The quantitative estimate of drug-likeness (QED) is 0.764. The Hall–Kier alpha value is -2.58. The number of nitrogens with one attached hydrogen (secondary N) is 1. The minimum atomic E-state index is -3.61. The van der Waals surface area contributed by atoms with Crippen molar-refractivity contribution in [2.75, 3.05) is 26.3 Å². The lowest BCUT2D eigenvalue weighted by molar-refractivity contribution is 0.0939. The number of amides is 1. The van der Waals surface area contributed by atoms with E-state index < -0.39 is 10.0 Å². The summed E-state index contributed by atoms with van der Waals surface area (Å²) in [4.78, 5) is 13.0. The number of benzene rings is 2. The van der Waals surface area contributed by atoms with Gasteiger partial charge in [0, 0.05) is 18.7 Å². The van der Waals surface area contributed by atoms with Crippen LogP contribution in [-0.2, 0) is 10.0 Å². The van der Waals surface area contributed by atoms with Gasteiger partial charge in [-0.25, -0.2) is 8.42 Å². The fraction of sp³-hybridized carbons (Fsp3) is 0.435. The summed E-state index contributed by atoms with van der Waals surface area (Å²) < 4.78 is 38.7. The number of ether oxygens (including phenoxy) is 2. The van der Waals surface area contributed by atoms with Gasteiger partial charge >= 0.3 is 0 Å². The number of fused-ring (bicyclic) bond motifs is 1. The fourth-order valence-corrected chi connectivity index (χ4v) is 5.38. The maximum absolute atomic E-state index is 13.0. The molecule has 0 unspecified atom stereocenters. The van der Waals surface area contributed by atoms with Gasteiger partial charge in [0.2, 0.25) is 10.0 Å². The zero-order chi connectivity index (χ0) is 22.0. The molecule has 0 radical (unpaired) electrons. The number of hydrogen-bond acceptors (Lipinski definition) is 5. The number of sulfonamides is 1. The molecule has 2 aliphatic heterocycles. The van der Waals surface area contributed by atoms with Crippen LogP contribution in [0.2, 0.25) is 0 Å². The highest BCUT2D eigenvalue weighted by atomic mass is 32.2. The Morgan fingerprint density at radius 3 is 2.52 bits per heavy atom. The van der Waals surface area contributed by atoms with Crippen molar-refractivity contribution in [3.63, 3.8) is 0 Å². The van der Waals surface area contributed by atoms with Gasteiger partial charge in [-0.3, -0.25) is 4.79 Å². The second kappa shape index (κ2) is 8.88. The highest BCUT2D eigenvalue weighted by Gasteiger charge is 2.28. The number of carbonyl (C=O) groups is 1. The van der Waals surface area contributed by atoms with Gasteiger partial charge in [0.15, 0.2) is 11.5 Å². The molecule has 1 atom stereocenters. The molecule has 4 rings (SSSR count). The predicted molar refractivity (Wildman–Crippen MR) is 117 cm³/mol. The fourth-order valence-electron chi connectivity index (χ4n) is 3.86. The van der Waals surface area contributed by atoms with Crippen molar-refractivity contribution >= 4 is 15.9 Å². The van der Waals surface area contributed by atoms with E-state index >= 15 is 0 Å². The monoisotopic (exact) mass is 444 g/mol. The van der Waals surface area contributed by atoms with Gasteiger partial charge in [-0.05, 0) is 61.6 Å². The number of hydrogen-bond donors (Lipinski definition) is 1. The summed E-state index contributed by atoms with van der Waals surface area (Å²) in [5.74, 6) is 1.56. The molecule has 2 aromatic rings. The van der Waals surface area contributed by atoms with E-state index in [1.807, 2.05) is 25.1 Å². The molecule has 1 N–H and O–H groups in total. The van der Waals surface area contributed by atoms with E-state index in [1.165, 1.54) is 10.4 Å². The van der Waals surface area contributed by atoms with Crippen molar-refractivity contribution in [3.8, 4) is 11.5 Å². The van der Waals surface area contributed by atoms with Crippen molar-refractivity contribution in [2.45, 2.75) is 37.6 Å². The van der Waals surface area contributed by atoms with Crippen molar-refractivity contribution in [3.05, 3.63) is 53.6 Å². The first-order valence-corrected chi connectivity index (χ1v) is 12.1. The van der Waals surface area contributed by atoms with E-state index in [-0.39, 0.29) is 16.8 Å². The number of piperidine rings is 1. The Balaban J connectivity index is 1.48. The van der Waals surface area contributed by atoms with Gasteiger partial charge in [-0.15, -0.1) is 0 Å². The molecule has 2 aliphatic rings. The Labute approximate surface area is 183 Å². The SMILES string of the molecule is CC1CCN(S(=O)(=O)c2cccc(C(=O)N[C@@H](C)c3ccc4c(c3)OCCO4)c2)CC1. The maximum atomic E-state index is 13.0. The van der Waals surface area contributed by atoms with Gasteiger partial charge in [-0.1, -0.05) is 19.1 Å². The third kappa shape index (κ3) is 4.70. The molecule has 2 heterocycles. The molecular weight excluding hydrogens is 416 g/mol. The Morgan fingerprint density at radius 1 is 1.06 bits per heavy atom. The van der Waals surface area contributed by atoms with E-state index in [2.05, 4.69) is 12.2 Å². The molecule has 2 aromatic carbocycles. The molecule has 0 aromatic heterocycles. The molecule has 0 bridgehead atoms. The molecule has 7 nitrogen and oxygen atoms in total. The topological polar surface area (TPSA) is 84.9 Å². The predicted octanol–water partition coefficient (Wildman–Crippen LogP) is 3.37. The van der Waals surface area contributed by atoms with Crippen molar-refractivity contribution in [2.24, 2.45) is 5.92 Å². The minimum Gasteiger partial charge on any atom is -0.486 e. The van der Waals surface area contributed by atoms with Crippen LogP contribution in [0.5, 0.6) is 11.5 Å². The second-order valence-corrected chi connectivity index (χ2v) is 10.2. The first-order chi connectivity index (χ1) is 14.8. The lowest BCUT2D eigenvalue weighted by Gasteiger charge is -2.29. The van der Waals surface area contributed by atoms with E-state index in [9.17, 15) is 13.2 Å². The first-order valence-electron chi connectivity index (χ1n) is 10.7. The normalized spacial score (nSPS) is 18.4. The van der Waals surface area contributed by atoms with Crippen LogP contribution in [-0.4, -0.2) is 44.9 Å². The molecule has 166 valence electrons. The van der Waals surface area contributed by atoms with Crippen LogP contribution in [0.4, 0.5) is 0 Å². The Morgan fingerprint density at radius 2 is 1.77 bits per heavy atom. The molecular formula is C23H28N2O5S. The number of carbonyl (C=O) groups excluding carboxylic acids is 1. The molecule has 1 saturated heterocycles. The molecule has 0 saturated carbocycles. The van der Waals surface area contributed by atoms with E-state index in [4.69, 9.17) is 9.47 Å². The summed E-state index contributed by atoms with van der Waals surface area (Å²) in [6.07, 6.45) is 1.71. The van der Waals surface area contributed by atoms with Crippen molar-refractivity contribution in [1.82, 2.24) is 9.62 Å². The average Bonchev–Trinajstić information content (AvgIpc) is 2.79. The molecule has 31 heavy (non-hydrogen) atoms. The van der Waals surface area contributed by atoms with Crippen LogP contribution in [0.1, 0.15) is 48.7 Å². The Kier molecular flexibility index (Phi) is 6.20. The van der Waals surface area contributed by atoms with Crippen LogP contribution in [0.15, 0.2) is 47.4 Å². The van der Waals surface area contributed by atoms with Crippen molar-refractivity contribution < 1.29 is 22.7 Å². The van der Waals surface area contributed by atoms with E-state index in [0.29, 0.717) is 49.3 Å². The molecule has 0 aliphatic carbocycles. The highest BCUT2D eigenvalue weighted by Crippen LogP contribution is 2.32. The summed E-state index contributed by atoms with van der Waals surface area (Å²) in [6.45, 7) is 6.06. The molecule has 8 heteroatoms. The molecule has 0 spiro atoms. The zero-order valence-corrected chi connectivity index (χ0v) is 18.7. The second-order valence-electron chi connectivity index (χ2n) is 8.21. The third-order valence-corrected chi connectivity index (χ3v) is 7.79. The van der Waals surface area contributed by atoms with Crippen LogP contribution in [0.3, 0.4) is 0 Å². The van der Waals surface area contributed by atoms with Crippen LogP contribution in [0, 0.1) is 5.92 Å². The third-order valence-electron chi connectivity index (χ3n) is 5.89. The summed E-state index contributed by atoms with van der Waals surface area (Å²) in [6, 6.07) is 11.5. The van der Waals surface area contributed by atoms with Crippen LogP contribution < -0.4 is 14.8 Å². The van der Waals surface area contributed by atoms with Crippen molar-refractivity contribution in [1.29, 1.82) is 0 Å². The van der Waals surface area contributed by atoms with Gasteiger partial charge < -0.3 is 14.8 Å². The van der Waals surface area contributed by atoms with Gasteiger partial charge in [-0.2, -0.15) is 4.31 Å². The summed E-state index contributed by atoms with van der Waals surface area (Å²) in [7, 11) is -3.61. The largest absolute Gasteiger partial charge is 0.486 e. The zero-order valence-electron chi connectivity index (χ0n) is 17.8. The minimum absolute atomic E-state index is 0.154. The van der Waals surface area contributed by atoms with Gasteiger partial charge in [0.05, 0.1) is 10.9 Å². The lowest BCUT2D eigenvalue weighted by Crippen LogP contribution is -2.38. The smallest absolute Gasteiger partial charge is 0.251 e. The lowest BCUT2D eigenvalue weighted by atomic mass is 10.0. The van der Waals surface area contributed by atoms with E-state index in [0.717, 1.165) is 18.4 Å². The molecule has 1 amide bonds. The summed E-state index contributed by atoms with van der Waals surface area (Å²) in [5.41, 5.74) is 1.19. The van der Waals surface area contributed by atoms with Gasteiger partial charge in [0.1, 0.15) is 13.2 Å². The maximum Gasteiger partial charge on any atom is 0.251 e. The standard InChI is InChI=1S/C23H28N2O5S/c1-16-8-10-25(11-9-16)31(27,28)20-5-3-4-19(14-20)23(26)24-17(2)18-6-7-21-22(15-18)30-13-12-29-21/h3-7,14-17H,8-13H2,1-2H3,(H,24,26)/t17-/m0/s1. The summed E-state index contributed by atoms with van der Waals surface area (Å²) >= 11 is 0. The number of nitrogens with zero attached hydrogens (tertiary/aromatic N) is 1. The Bertz CT molecular complexity index is 1060. The average molecular weight is 445 g/mol. The van der Waals surface area contributed by atoms with Gasteiger partial charge in [0.25, 0.3) is 5.91 Å². The highest BCUT2D eigenvalue weighted by molar-refractivity contribution is 7.89. The number of rotatable bonds is 5. The summed E-state index contributed by atoms with van der Waals surface area (Å²) in [5, 5.41) is 2.94. The molecule has 1 fully saturated rings. The van der Waals surface area contributed by atoms with E-state index in [1.54, 1.807) is 18.2 Å². The first kappa shape index (κ1) is 21.6. The van der Waals surface area contributed by atoms with Crippen LogP contribution in [0.25, 0.3) is 0 Å².